The molecule has 2 unspecified atom stereocenters. The van der Waals surface area contributed by atoms with Gasteiger partial charge in [0.05, 0.1) is 24.8 Å². The molecule has 2 heterocycles. The standard InChI is InChI=1S/C16H18N2O2/c1-10-2-3-11(7-17)4-15(10)16(19)12-5-13-8-20-9-14(6-12)18-13/h2-4,12-14,18H,5-6,8-9H2,1H3. The Morgan fingerprint density at radius 1 is 1.35 bits per heavy atom. The van der Waals surface area contributed by atoms with Crippen LogP contribution < -0.4 is 5.32 Å². The van der Waals surface area contributed by atoms with Crippen molar-refractivity contribution in [2.45, 2.75) is 31.8 Å². The van der Waals surface area contributed by atoms with Crippen LogP contribution in [0.3, 0.4) is 0 Å². The van der Waals surface area contributed by atoms with Gasteiger partial charge in [0.1, 0.15) is 0 Å². The number of morpholine rings is 1. The molecule has 2 saturated heterocycles. The number of nitrogens with one attached hydrogen (secondary N) is 1. The number of Topliss-reactive ketones (excluding diaryl/α,β-unsaturated/α-hetero) is 1. The van der Waals surface area contributed by atoms with Crippen LogP contribution in [0.25, 0.3) is 0 Å². The fourth-order valence-corrected chi connectivity index (χ4v) is 3.23. The number of aryl methyl sites for hydroxylation is 1. The third-order valence-corrected chi connectivity index (χ3v) is 4.25. The molecule has 2 bridgehead atoms. The molecule has 2 fully saturated rings. The Kier molecular flexibility index (Phi) is 3.56. The summed E-state index contributed by atoms with van der Waals surface area (Å²) < 4.78 is 5.51. The number of nitriles is 1. The van der Waals surface area contributed by atoms with Gasteiger partial charge in [-0.05, 0) is 37.5 Å². The first kappa shape index (κ1) is 13.3. The zero-order chi connectivity index (χ0) is 14.1. The van der Waals surface area contributed by atoms with E-state index in [0.717, 1.165) is 18.4 Å². The van der Waals surface area contributed by atoms with E-state index in [2.05, 4.69) is 11.4 Å². The van der Waals surface area contributed by atoms with Gasteiger partial charge in [-0.2, -0.15) is 5.26 Å². The maximum atomic E-state index is 12.7. The van der Waals surface area contributed by atoms with Crippen LogP contribution in [0.1, 0.15) is 34.3 Å². The molecule has 4 heteroatoms. The van der Waals surface area contributed by atoms with Crippen LogP contribution in [0, 0.1) is 24.2 Å². The fourth-order valence-electron chi connectivity index (χ4n) is 3.23. The Labute approximate surface area is 118 Å². The molecule has 0 aromatic heterocycles. The normalized spacial score (nSPS) is 28.7. The number of hydrogen-bond acceptors (Lipinski definition) is 4. The van der Waals surface area contributed by atoms with Crippen LogP contribution in [0.5, 0.6) is 0 Å². The SMILES string of the molecule is Cc1ccc(C#N)cc1C(=O)C1CC2COCC(C1)N2. The van der Waals surface area contributed by atoms with E-state index in [0.29, 0.717) is 24.3 Å². The van der Waals surface area contributed by atoms with Crippen LogP contribution in [0.15, 0.2) is 18.2 Å². The van der Waals surface area contributed by atoms with Crippen LogP contribution in [0.4, 0.5) is 0 Å². The van der Waals surface area contributed by atoms with Gasteiger partial charge in [0.25, 0.3) is 0 Å². The van der Waals surface area contributed by atoms with Gasteiger partial charge in [0.2, 0.25) is 0 Å². The summed E-state index contributed by atoms with van der Waals surface area (Å²) in [5.74, 6) is 0.223. The Morgan fingerprint density at radius 2 is 2.05 bits per heavy atom. The molecular formula is C16H18N2O2. The highest BCUT2D eigenvalue weighted by atomic mass is 16.5. The van der Waals surface area contributed by atoms with Crippen molar-refractivity contribution < 1.29 is 9.53 Å². The number of piperidine rings is 1. The molecule has 0 saturated carbocycles. The second kappa shape index (κ2) is 5.35. The Balaban J connectivity index is 1.84. The van der Waals surface area contributed by atoms with E-state index in [1.54, 1.807) is 12.1 Å². The Bertz CT molecular complexity index is 564. The van der Waals surface area contributed by atoms with Crippen LogP contribution in [0.2, 0.25) is 0 Å². The Morgan fingerprint density at radius 3 is 2.70 bits per heavy atom. The summed E-state index contributed by atoms with van der Waals surface area (Å²) in [6, 6.07) is 8.03. The van der Waals surface area contributed by atoms with Crippen LogP contribution >= 0.6 is 0 Å². The molecular weight excluding hydrogens is 252 g/mol. The van der Waals surface area contributed by atoms with Gasteiger partial charge < -0.3 is 10.1 Å². The number of carbonyl (C=O) groups is 1. The Hall–Kier alpha value is -1.70. The minimum Gasteiger partial charge on any atom is -0.378 e. The number of benzene rings is 1. The van der Waals surface area contributed by atoms with Gasteiger partial charge in [0.15, 0.2) is 5.78 Å². The summed E-state index contributed by atoms with van der Waals surface area (Å²) in [5.41, 5.74) is 2.21. The number of ketones is 1. The van der Waals surface area contributed by atoms with Gasteiger partial charge in [-0.1, -0.05) is 6.07 Å². The lowest BCUT2D eigenvalue weighted by Crippen LogP contribution is -2.55. The molecule has 4 nitrogen and oxygen atoms in total. The lowest BCUT2D eigenvalue weighted by Gasteiger charge is -2.39. The molecule has 0 amide bonds. The topological polar surface area (TPSA) is 62.1 Å². The molecule has 0 aliphatic carbocycles. The minimum absolute atomic E-state index is 0.0443. The van der Waals surface area contributed by atoms with Crippen molar-refractivity contribution in [1.29, 1.82) is 5.26 Å². The highest BCUT2D eigenvalue weighted by Crippen LogP contribution is 2.28. The van der Waals surface area contributed by atoms with E-state index < -0.39 is 0 Å². The van der Waals surface area contributed by atoms with Crippen molar-refractivity contribution >= 4 is 5.78 Å². The monoisotopic (exact) mass is 270 g/mol. The van der Waals surface area contributed by atoms with Gasteiger partial charge in [0, 0.05) is 23.6 Å². The molecule has 1 aromatic carbocycles. The highest BCUT2D eigenvalue weighted by Gasteiger charge is 2.35. The largest absolute Gasteiger partial charge is 0.378 e. The maximum Gasteiger partial charge on any atom is 0.166 e. The van der Waals surface area contributed by atoms with E-state index in [1.807, 2.05) is 13.0 Å². The van der Waals surface area contributed by atoms with Crippen LogP contribution in [-0.2, 0) is 4.74 Å². The molecule has 2 atom stereocenters. The summed E-state index contributed by atoms with van der Waals surface area (Å²) in [6.45, 7) is 3.31. The average Bonchev–Trinajstić information content (AvgIpc) is 2.46. The zero-order valence-corrected chi connectivity index (χ0v) is 11.6. The van der Waals surface area contributed by atoms with Gasteiger partial charge in [-0.25, -0.2) is 0 Å². The average molecular weight is 270 g/mol. The van der Waals surface area contributed by atoms with Crippen molar-refractivity contribution in [2.75, 3.05) is 13.2 Å². The molecule has 1 N–H and O–H groups in total. The quantitative estimate of drug-likeness (QED) is 0.833. The molecule has 1 aromatic rings. The molecule has 20 heavy (non-hydrogen) atoms. The summed E-state index contributed by atoms with van der Waals surface area (Å²) in [4.78, 5) is 12.7. The van der Waals surface area contributed by atoms with E-state index >= 15 is 0 Å². The predicted molar refractivity (Wildman–Crippen MR) is 74.5 cm³/mol. The fraction of sp³-hybridized carbons (Fsp3) is 0.500. The number of carbonyl (C=O) groups excluding carboxylic acids is 1. The van der Waals surface area contributed by atoms with E-state index in [-0.39, 0.29) is 23.8 Å². The van der Waals surface area contributed by atoms with Crippen molar-refractivity contribution in [3.63, 3.8) is 0 Å². The zero-order valence-electron chi connectivity index (χ0n) is 11.6. The third-order valence-electron chi connectivity index (χ3n) is 4.25. The van der Waals surface area contributed by atoms with Crippen molar-refractivity contribution in [2.24, 2.45) is 5.92 Å². The number of hydrogen-bond donors (Lipinski definition) is 1. The third kappa shape index (κ3) is 2.47. The minimum atomic E-state index is 0.0443. The number of rotatable bonds is 2. The highest BCUT2D eigenvalue weighted by molar-refractivity contribution is 5.99. The molecule has 3 rings (SSSR count). The number of ether oxygens (including phenoxy) is 1. The lowest BCUT2D eigenvalue weighted by atomic mass is 9.81. The maximum absolute atomic E-state index is 12.7. The second-order valence-electron chi connectivity index (χ2n) is 5.77. The van der Waals surface area contributed by atoms with Crippen molar-refractivity contribution in [1.82, 2.24) is 5.32 Å². The first-order chi connectivity index (χ1) is 9.67. The smallest absolute Gasteiger partial charge is 0.166 e. The van der Waals surface area contributed by atoms with Crippen LogP contribution in [-0.4, -0.2) is 31.1 Å². The molecule has 0 radical (unpaired) electrons. The van der Waals surface area contributed by atoms with Crippen molar-refractivity contribution in [3.8, 4) is 6.07 Å². The van der Waals surface area contributed by atoms with Gasteiger partial charge in [-0.15, -0.1) is 0 Å². The first-order valence-electron chi connectivity index (χ1n) is 7.06. The van der Waals surface area contributed by atoms with E-state index in [9.17, 15) is 4.79 Å². The molecule has 0 spiro atoms. The first-order valence-corrected chi connectivity index (χ1v) is 7.06. The van der Waals surface area contributed by atoms with Crippen molar-refractivity contribution in [3.05, 3.63) is 34.9 Å². The summed E-state index contributed by atoms with van der Waals surface area (Å²) >= 11 is 0. The van der Waals surface area contributed by atoms with E-state index in [1.165, 1.54) is 0 Å². The lowest BCUT2D eigenvalue weighted by molar-refractivity contribution is 0.00951. The summed E-state index contributed by atoms with van der Waals surface area (Å²) in [6.07, 6.45) is 1.65. The molecule has 2 aliphatic rings. The number of nitrogens with zero attached hydrogens (tertiary/aromatic N) is 1. The predicted octanol–water partition coefficient (Wildman–Crippen LogP) is 1.82. The molecule has 104 valence electrons. The van der Waals surface area contributed by atoms with Gasteiger partial charge in [-0.3, -0.25) is 4.79 Å². The van der Waals surface area contributed by atoms with Gasteiger partial charge >= 0.3 is 0 Å². The summed E-state index contributed by atoms with van der Waals surface area (Å²) in [5, 5.41) is 12.5. The second-order valence-corrected chi connectivity index (χ2v) is 5.77. The number of fused-ring (bicyclic) bond motifs is 2. The summed E-state index contributed by atoms with van der Waals surface area (Å²) in [7, 11) is 0. The molecule has 2 aliphatic heterocycles. The van der Waals surface area contributed by atoms with E-state index in [4.69, 9.17) is 10.00 Å².